The Bertz CT molecular complexity index is 859. The topological polar surface area (TPSA) is 90.4 Å². The number of halogens is 2. The van der Waals surface area contributed by atoms with Crippen LogP contribution < -0.4 is 14.2 Å². The van der Waals surface area contributed by atoms with Crippen molar-refractivity contribution >= 4 is 39.0 Å². The van der Waals surface area contributed by atoms with Crippen LogP contribution in [0.15, 0.2) is 41.9 Å². The van der Waals surface area contributed by atoms with Gasteiger partial charge in [0, 0.05) is 0 Å². The van der Waals surface area contributed by atoms with E-state index < -0.39 is 10.0 Å². The molecule has 24 heavy (non-hydrogen) atoms. The van der Waals surface area contributed by atoms with E-state index in [1.165, 1.54) is 37.6 Å². The van der Waals surface area contributed by atoms with E-state index in [1.54, 1.807) is 0 Å². The van der Waals surface area contributed by atoms with Crippen LogP contribution in [0.25, 0.3) is 0 Å². The molecule has 0 aliphatic heterocycles. The normalized spacial score (nSPS) is 11.0. The lowest BCUT2D eigenvalue weighted by Crippen LogP contribution is -2.16. The van der Waals surface area contributed by atoms with Crippen LogP contribution >= 0.6 is 23.2 Å². The summed E-state index contributed by atoms with van der Waals surface area (Å²) in [6, 6.07) is 4.27. The zero-order valence-electron chi connectivity index (χ0n) is 12.5. The molecule has 0 aliphatic carbocycles. The first-order valence-electron chi connectivity index (χ1n) is 6.50. The fourth-order valence-electron chi connectivity index (χ4n) is 1.66. The first-order valence-corrected chi connectivity index (χ1v) is 8.74. The summed E-state index contributed by atoms with van der Waals surface area (Å²) in [5, 5.41) is 0.0234. The Kier molecular flexibility index (Phi) is 5.87. The number of sulfonamides is 1. The third kappa shape index (κ3) is 4.08. The summed E-state index contributed by atoms with van der Waals surface area (Å²) >= 11 is 11.8. The Morgan fingerprint density at radius 2 is 2.12 bits per heavy atom. The second kappa shape index (κ2) is 7.69. The van der Waals surface area contributed by atoms with Crippen molar-refractivity contribution in [2.45, 2.75) is 4.90 Å². The molecule has 1 aromatic heterocycles. The summed E-state index contributed by atoms with van der Waals surface area (Å²) < 4.78 is 37.5. The minimum atomic E-state index is -4.03. The Labute approximate surface area is 149 Å². The second-order valence-electron chi connectivity index (χ2n) is 4.32. The predicted molar refractivity (Wildman–Crippen MR) is 91.5 cm³/mol. The monoisotopic (exact) mass is 389 g/mol. The molecule has 1 N–H and O–H groups in total. The smallest absolute Gasteiger partial charge is 0.264 e. The zero-order valence-corrected chi connectivity index (χ0v) is 14.8. The van der Waals surface area contributed by atoms with E-state index in [2.05, 4.69) is 21.3 Å². The Morgan fingerprint density at radius 3 is 2.79 bits per heavy atom. The van der Waals surface area contributed by atoms with Crippen LogP contribution in [0.3, 0.4) is 0 Å². The molecule has 10 heteroatoms. The van der Waals surface area contributed by atoms with Crippen molar-refractivity contribution in [3.05, 3.63) is 47.1 Å². The molecule has 0 saturated carbocycles. The number of hydrogen-bond donors (Lipinski definition) is 1. The van der Waals surface area contributed by atoms with E-state index in [9.17, 15) is 8.42 Å². The van der Waals surface area contributed by atoms with E-state index in [1.807, 2.05) is 0 Å². The number of aromatic nitrogens is 2. The first kappa shape index (κ1) is 18.3. The molecular weight excluding hydrogens is 377 g/mol. The average molecular weight is 390 g/mol. The summed E-state index contributed by atoms with van der Waals surface area (Å²) in [5.41, 5.74) is 0. The van der Waals surface area contributed by atoms with Gasteiger partial charge in [-0.3, -0.25) is 4.72 Å². The van der Waals surface area contributed by atoms with Crippen LogP contribution in [0.1, 0.15) is 0 Å². The van der Waals surface area contributed by atoms with Crippen molar-refractivity contribution in [2.75, 3.05) is 18.4 Å². The van der Waals surface area contributed by atoms with Crippen LogP contribution in [0.5, 0.6) is 11.8 Å². The highest BCUT2D eigenvalue weighted by molar-refractivity contribution is 7.92. The van der Waals surface area contributed by atoms with Crippen LogP contribution in [-0.2, 0) is 10.0 Å². The van der Waals surface area contributed by atoms with E-state index in [0.717, 1.165) is 0 Å². The molecule has 2 rings (SSSR count). The number of nitrogens with zero attached hydrogens (tertiary/aromatic N) is 2. The first-order chi connectivity index (χ1) is 11.4. The van der Waals surface area contributed by atoms with Gasteiger partial charge in [-0.25, -0.2) is 13.4 Å². The van der Waals surface area contributed by atoms with Gasteiger partial charge in [0.25, 0.3) is 15.9 Å². The van der Waals surface area contributed by atoms with E-state index in [0.29, 0.717) is 0 Å². The highest BCUT2D eigenvalue weighted by atomic mass is 35.5. The molecule has 7 nitrogen and oxygen atoms in total. The molecule has 0 bridgehead atoms. The Balaban J connectivity index is 2.35. The number of hydrogen-bond acceptors (Lipinski definition) is 6. The van der Waals surface area contributed by atoms with Crippen LogP contribution in [0, 0.1) is 0 Å². The summed E-state index contributed by atoms with van der Waals surface area (Å²) in [5.74, 6) is -0.00623. The Hall–Kier alpha value is -2.03. The quantitative estimate of drug-likeness (QED) is 0.731. The lowest BCUT2D eigenvalue weighted by atomic mass is 10.4. The molecule has 0 aliphatic rings. The summed E-state index contributed by atoms with van der Waals surface area (Å²) in [4.78, 5) is 7.77. The van der Waals surface area contributed by atoms with Crippen LogP contribution in [0.4, 0.5) is 5.82 Å². The lowest BCUT2D eigenvalue weighted by Gasteiger charge is -2.12. The maximum absolute atomic E-state index is 12.5. The van der Waals surface area contributed by atoms with Crippen molar-refractivity contribution < 1.29 is 17.9 Å². The van der Waals surface area contributed by atoms with Gasteiger partial charge in [-0.2, -0.15) is 4.98 Å². The maximum Gasteiger partial charge on any atom is 0.264 e. The molecule has 0 amide bonds. The fourth-order valence-corrected chi connectivity index (χ4v) is 3.43. The molecule has 2 aromatic rings. The van der Waals surface area contributed by atoms with Gasteiger partial charge in [0.05, 0.1) is 23.4 Å². The number of rotatable bonds is 7. The molecule has 0 saturated heterocycles. The predicted octanol–water partition coefficient (Wildman–Crippen LogP) is 3.16. The minimum Gasteiger partial charge on any atom is -0.478 e. The molecule has 0 fully saturated rings. The van der Waals surface area contributed by atoms with E-state index >= 15 is 0 Å². The molecular formula is C14H13Cl2N3O4S. The molecule has 128 valence electrons. The van der Waals surface area contributed by atoms with Crippen molar-refractivity contribution in [1.29, 1.82) is 0 Å². The summed E-state index contributed by atoms with van der Waals surface area (Å²) in [7, 11) is -2.71. The minimum absolute atomic E-state index is 0.0571. The number of nitrogens with one attached hydrogen (secondary N) is 1. The highest BCUT2D eigenvalue weighted by Gasteiger charge is 2.22. The van der Waals surface area contributed by atoms with Crippen LogP contribution in [-0.4, -0.2) is 32.1 Å². The van der Waals surface area contributed by atoms with Crippen molar-refractivity contribution in [1.82, 2.24) is 9.97 Å². The molecule has 1 aromatic carbocycles. The summed E-state index contributed by atoms with van der Waals surface area (Å²) in [6.07, 6.45) is 2.79. The fraction of sp³-hybridized carbons (Fsp3) is 0.143. The van der Waals surface area contributed by atoms with Gasteiger partial charge >= 0.3 is 0 Å². The highest BCUT2D eigenvalue weighted by Crippen LogP contribution is 2.31. The molecule has 0 radical (unpaired) electrons. The van der Waals surface area contributed by atoms with Gasteiger partial charge in [-0.1, -0.05) is 41.9 Å². The van der Waals surface area contributed by atoms with Crippen LogP contribution in [0.2, 0.25) is 10.0 Å². The third-order valence-corrected chi connectivity index (χ3v) is 5.01. The number of anilines is 1. The van der Waals surface area contributed by atoms with Gasteiger partial charge in [0.15, 0.2) is 0 Å². The molecule has 1 heterocycles. The van der Waals surface area contributed by atoms with Crippen molar-refractivity contribution in [3.8, 4) is 11.8 Å². The Morgan fingerprint density at radius 1 is 1.38 bits per heavy atom. The number of benzene rings is 1. The number of methoxy groups -OCH3 is 1. The average Bonchev–Trinajstić information content (AvgIpc) is 2.56. The van der Waals surface area contributed by atoms with Gasteiger partial charge in [0.1, 0.15) is 11.5 Å². The van der Waals surface area contributed by atoms with E-state index in [4.69, 9.17) is 32.7 Å². The van der Waals surface area contributed by atoms with E-state index in [-0.39, 0.29) is 39.1 Å². The van der Waals surface area contributed by atoms with Gasteiger partial charge in [-0.05, 0) is 12.1 Å². The third-order valence-electron chi connectivity index (χ3n) is 2.70. The summed E-state index contributed by atoms with van der Waals surface area (Å²) in [6.45, 7) is 3.74. The van der Waals surface area contributed by atoms with Crippen molar-refractivity contribution in [3.63, 3.8) is 0 Å². The maximum atomic E-state index is 12.5. The molecule has 0 unspecified atom stereocenters. The van der Waals surface area contributed by atoms with Gasteiger partial charge < -0.3 is 9.47 Å². The molecule has 0 spiro atoms. The van der Waals surface area contributed by atoms with Gasteiger partial charge in [0.2, 0.25) is 11.7 Å². The largest absolute Gasteiger partial charge is 0.478 e. The molecule has 0 atom stereocenters. The lowest BCUT2D eigenvalue weighted by molar-refractivity contribution is 0.332. The SMILES string of the molecule is C=CCOc1cnc(NS(=O)(=O)c2cccc(Cl)c2Cl)c(OC)n1. The standard InChI is InChI=1S/C14H13Cl2N3O4S/c1-3-7-23-11-8-17-13(14(18-11)22-2)19-24(20,21)10-6-4-5-9(15)12(10)16/h3-6,8H,1,7H2,2H3,(H,17,19). The van der Waals surface area contributed by atoms with Gasteiger partial charge in [-0.15, -0.1) is 0 Å². The van der Waals surface area contributed by atoms with Crippen molar-refractivity contribution in [2.24, 2.45) is 0 Å². The zero-order chi connectivity index (χ0) is 17.7. The number of ether oxygens (including phenoxy) is 2. The second-order valence-corrected chi connectivity index (χ2v) is 6.76.